The SMILES string of the molecule is CC1=C(C(=O)Nc2cccc(C(F)(F)F)c2)C(c2c(F)cccc2Cl)NC(=O)N1. The summed E-state index contributed by atoms with van der Waals surface area (Å²) >= 11 is 6.07. The Labute approximate surface area is 167 Å². The smallest absolute Gasteiger partial charge is 0.327 e. The molecule has 0 bridgehead atoms. The zero-order valence-corrected chi connectivity index (χ0v) is 15.6. The molecule has 152 valence electrons. The van der Waals surface area contributed by atoms with Crippen LogP contribution >= 0.6 is 11.6 Å². The number of allylic oxidation sites excluding steroid dienone is 1. The van der Waals surface area contributed by atoms with Crippen LogP contribution in [0.2, 0.25) is 5.02 Å². The number of rotatable bonds is 3. The summed E-state index contributed by atoms with van der Waals surface area (Å²) in [6.07, 6.45) is -4.58. The number of hydrogen-bond acceptors (Lipinski definition) is 2. The highest BCUT2D eigenvalue weighted by Gasteiger charge is 2.35. The lowest BCUT2D eigenvalue weighted by molar-refractivity contribution is -0.137. The number of hydrogen-bond donors (Lipinski definition) is 3. The molecule has 1 atom stereocenters. The molecule has 0 fully saturated rings. The van der Waals surface area contributed by atoms with Crippen molar-refractivity contribution in [1.82, 2.24) is 10.6 Å². The number of carbonyl (C=O) groups is 2. The highest BCUT2D eigenvalue weighted by Crippen LogP contribution is 2.35. The van der Waals surface area contributed by atoms with Gasteiger partial charge in [-0.3, -0.25) is 4.79 Å². The Kier molecular flexibility index (Phi) is 5.52. The molecule has 1 unspecified atom stereocenters. The van der Waals surface area contributed by atoms with E-state index in [4.69, 9.17) is 11.6 Å². The summed E-state index contributed by atoms with van der Waals surface area (Å²) in [7, 11) is 0. The molecular weight excluding hydrogens is 414 g/mol. The van der Waals surface area contributed by atoms with Gasteiger partial charge in [0.2, 0.25) is 0 Å². The van der Waals surface area contributed by atoms with E-state index in [2.05, 4.69) is 16.0 Å². The zero-order valence-electron chi connectivity index (χ0n) is 14.8. The Morgan fingerprint density at radius 3 is 2.52 bits per heavy atom. The van der Waals surface area contributed by atoms with Gasteiger partial charge < -0.3 is 16.0 Å². The first-order valence-corrected chi connectivity index (χ1v) is 8.66. The van der Waals surface area contributed by atoms with Crippen molar-refractivity contribution in [3.63, 3.8) is 0 Å². The quantitative estimate of drug-likeness (QED) is 0.618. The highest BCUT2D eigenvalue weighted by molar-refractivity contribution is 6.31. The number of amides is 3. The van der Waals surface area contributed by atoms with Crippen LogP contribution in [0.5, 0.6) is 0 Å². The van der Waals surface area contributed by atoms with Gasteiger partial charge in [-0.1, -0.05) is 23.7 Å². The molecule has 2 aromatic carbocycles. The number of anilines is 1. The molecule has 1 aliphatic rings. The third-order valence-electron chi connectivity index (χ3n) is 4.25. The minimum absolute atomic E-state index is 0.0191. The van der Waals surface area contributed by atoms with E-state index in [0.717, 1.165) is 24.3 Å². The summed E-state index contributed by atoms with van der Waals surface area (Å²) in [5.41, 5.74) is -1.15. The maximum absolute atomic E-state index is 14.4. The van der Waals surface area contributed by atoms with Crippen molar-refractivity contribution >= 4 is 29.2 Å². The molecule has 10 heteroatoms. The average Bonchev–Trinajstić information content (AvgIpc) is 2.60. The zero-order chi connectivity index (χ0) is 21.3. The second-order valence-corrected chi connectivity index (χ2v) is 6.65. The average molecular weight is 428 g/mol. The molecule has 0 aliphatic carbocycles. The van der Waals surface area contributed by atoms with Gasteiger partial charge in [-0.2, -0.15) is 13.2 Å². The van der Waals surface area contributed by atoms with Crippen LogP contribution in [0.1, 0.15) is 24.1 Å². The van der Waals surface area contributed by atoms with Crippen molar-refractivity contribution in [1.29, 1.82) is 0 Å². The molecule has 5 nitrogen and oxygen atoms in total. The van der Waals surface area contributed by atoms with E-state index in [-0.39, 0.29) is 27.5 Å². The first-order chi connectivity index (χ1) is 13.6. The topological polar surface area (TPSA) is 70.2 Å². The lowest BCUT2D eigenvalue weighted by atomic mass is 9.94. The predicted molar refractivity (Wildman–Crippen MR) is 98.6 cm³/mol. The molecule has 3 amide bonds. The van der Waals surface area contributed by atoms with Crippen molar-refractivity contribution in [2.75, 3.05) is 5.32 Å². The van der Waals surface area contributed by atoms with Crippen LogP contribution in [0.15, 0.2) is 53.7 Å². The van der Waals surface area contributed by atoms with Crippen LogP contribution in [0.25, 0.3) is 0 Å². The molecule has 1 aliphatic heterocycles. The van der Waals surface area contributed by atoms with Crippen LogP contribution in [-0.4, -0.2) is 11.9 Å². The first kappa shape index (κ1) is 20.7. The third-order valence-corrected chi connectivity index (χ3v) is 4.58. The molecule has 2 aromatic rings. The van der Waals surface area contributed by atoms with Gasteiger partial charge in [0, 0.05) is 22.0 Å². The number of alkyl halides is 3. The number of carbonyl (C=O) groups excluding carboxylic acids is 2. The Morgan fingerprint density at radius 1 is 1.17 bits per heavy atom. The molecule has 29 heavy (non-hydrogen) atoms. The van der Waals surface area contributed by atoms with E-state index in [1.54, 1.807) is 0 Å². The van der Waals surface area contributed by atoms with Crippen molar-refractivity contribution in [3.05, 3.63) is 75.7 Å². The van der Waals surface area contributed by atoms with Crippen molar-refractivity contribution in [2.45, 2.75) is 19.1 Å². The summed E-state index contributed by atoms with van der Waals surface area (Å²) < 4.78 is 53.1. The standard InChI is InChI=1S/C19H14ClF4N3O2/c1-9-14(17(28)26-11-5-2-4-10(8-11)19(22,23)24)16(27-18(29)25-9)15-12(20)6-3-7-13(15)21/h2-8,16H,1H3,(H,26,28)(H2,25,27,29). The van der Waals surface area contributed by atoms with Gasteiger partial charge in [0.15, 0.2) is 0 Å². The van der Waals surface area contributed by atoms with Crippen molar-refractivity contribution in [2.24, 2.45) is 0 Å². The van der Waals surface area contributed by atoms with Gasteiger partial charge in [0.25, 0.3) is 5.91 Å². The maximum atomic E-state index is 14.4. The minimum atomic E-state index is -4.58. The normalized spacial score (nSPS) is 16.9. The molecule has 0 aromatic heterocycles. The molecule has 0 radical (unpaired) electrons. The molecule has 0 saturated heterocycles. The van der Waals surface area contributed by atoms with Crippen LogP contribution in [0.4, 0.5) is 28.0 Å². The summed E-state index contributed by atoms with van der Waals surface area (Å²) in [4.78, 5) is 24.7. The van der Waals surface area contributed by atoms with Crippen LogP contribution in [0, 0.1) is 5.82 Å². The van der Waals surface area contributed by atoms with Gasteiger partial charge in [0.05, 0.1) is 17.2 Å². The molecule has 3 N–H and O–H groups in total. The van der Waals surface area contributed by atoms with Gasteiger partial charge in [-0.15, -0.1) is 0 Å². The van der Waals surface area contributed by atoms with Gasteiger partial charge in [0.1, 0.15) is 5.82 Å². The number of nitrogens with one attached hydrogen (secondary N) is 3. The number of halogens is 5. The van der Waals surface area contributed by atoms with E-state index >= 15 is 0 Å². The summed E-state index contributed by atoms with van der Waals surface area (Å²) in [6.45, 7) is 1.42. The summed E-state index contributed by atoms with van der Waals surface area (Å²) in [5, 5.41) is 7.15. The van der Waals surface area contributed by atoms with E-state index in [9.17, 15) is 27.2 Å². The predicted octanol–water partition coefficient (Wildman–Crippen LogP) is 4.76. The van der Waals surface area contributed by atoms with Crippen LogP contribution < -0.4 is 16.0 Å². The fraction of sp³-hybridized carbons (Fsp3) is 0.158. The minimum Gasteiger partial charge on any atom is -0.327 e. The van der Waals surface area contributed by atoms with E-state index in [0.29, 0.717) is 0 Å². The summed E-state index contributed by atoms with van der Waals surface area (Å²) in [6, 6.07) is 6.03. The van der Waals surface area contributed by atoms with E-state index < -0.39 is 35.5 Å². The van der Waals surface area contributed by atoms with Crippen molar-refractivity contribution < 1.29 is 27.2 Å². The van der Waals surface area contributed by atoms with Gasteiger partial charge in [-0.25, -0.2) is 9.18 Å². The molecule has 1 heterocycles. The largest absolute Gasteiger partial charge is 0.416 e. The fourth-order valence-corrected chi connectivity index (χ4v) is 3.24. The highest BCUT2D eigenvalue weighted by atomic mass is 35.5. The van der Waals surface area contributed by atoms with Crippen LogP contribution in [-0.2, 0) is 11.0 Å². The summed E-state index contributed by atoms with van der Waals surface area (Å²) in [5.74, 6) is -1.57. The number of urea groups is 1. The van der Waals surface area contributed by atoms with Gasteiger partial charge >= 0.3 is 12.2 Å². The van der Waals surface area contributed by atoms with Gasteiger partial charge in [-0.05, 0) is 37.3 Å². The Hall–Kier alpha value is -3.07. The Balaban J connectivity index is 1.99. The molecular formula is C19H14ClF4N3O2. The lowest BCUT2D eigenvalue weighted by Gasteiger charge is -2.29. The number of benzene rings is 2. The second-order valence-electron chi connectivity index (χ2n) is 6.24. The Morgan fingerprint density at radius 2 is 1.86 bits per heavy atom. The monoisotopic (exact) mass is 427 g/mol. The van der Waals surface area contributed by atoms with Crippen molar-refractivity contribution in [3.8, 4) is 0 Å². The first-order valence-electron chi connectivity index (χ1n) is 8.28. The van der Waals surface area contributed by atoms with Crippen LogP contribution in [0.3, 0.4) is 0 Å². The van der Waals surface area contributed by atoms with E-state index in [1.807, 2.05) is 0 Å². The second kappa shape index (κ2) is 7.75. The fourth-order valence-electron chi connectivity index (χ4n) is 2.97. The Bertz CT molecular complexity index is 1000. The third kappa shape index (κ3) is 4.34. The molecule has 0 spiro atoms. The molecule has 3 rings (SSSR count). The van der Waals surface area contributed by atoms with E-state index in [1.165, 1.54) is 25.1 Å². The maximum Gasteiger partial charge on any atom is 0.416 e. The molecule has 0 saturated carbocycles. The lowest BCUT2D eigenvalue weighted by Crippen LogP contribution is -2.46.